The van der Waals surface area contributed by atoms with Crippen molar-refractivity contribution in [3.05, 3.63) is 40.8 Å². The van der Waals surface area contributed by atoms with E-state index < -0.39 is 17.7 Å². The molecule has 1 fully saturated rings. The first-order valence-corrected chi connectivity index (χ1v) is 7.98. The molecule has 3 rings (SSSR count). The summed E-state index contributed by atoms with van der Waals surface area (Å²) in [5, 5.41) is 13.2. The summed E-state index contributed by atoms with van der Waals surface area (Å²) in [5.41, 5.74) is -0.797. The van der Waals surface area contributed by atoms with Crippen molar-refractivity contribution >= 4 is 28.9 Å². The Labute approximate surface area is 138 Å². The number of amides is 1. The van der Waals surface area contributed by atoms with Crippen LogP contribution in [0.4, 0.5) is 18.9 Å². The molecule has 1 aromatic carbocycles. The Hall–Kier alpha value is -2.35. The predicted octanol–water partition coefficient (Wildman–Crippen LogP) is 4.48. The van der Waals surface area contributed by atoms with E-state index in [0.717, 1.165) is 36.3 Å². The zero-order valence-electron chi connectivity index (χ0n) is 12.2. The summed E-state index contributed by atoms with van der Waals surface area (Å²) in [4.78, 5) is 23.2. The summed E-state index contributed by atoms with van der Waals surface area (Å²) in [7, 11) is 0. The summed E-state index contributed by atoms with van der Waals surface area (Å²) >= 11 is 0.884. The van der Waals surface area contributed by atoms with Gasteiger partial charge in [0.25, 0.3) is 0 Å². The van der Waals surface area contributed by atoms with Gasteiger partial charge in [-0.15, -0.1) is 11.3 Å². The highest BCUT2D eigenvalue weighted by atomic mass is 32.1. The molecule has 24 heavy (non-hydrogen) atoms. The molecular weight excluding hydrogens is 343 g/mol. The molecule has 1 heterocycles. The molecule has 1 saturated carbocycles. The molecule has 0 aliphatic heterocycles. The van der Waals surface area contributed by atoms with Gasteiger partial charge in [-0.1, -0.05) is 6.07 Å². The molecule has 0 saturated heterocycles. The number of hydrogen-bond acceptors (Lipinski definition) is 3. The van der Waals surface area contributed by atoms with Gasteiger partial charge in [-0.2, -0.15) is 13.2 Å². The van der Waals surface area contributed by atoms with Gasteiger partial charge in [0.05, 0.1) is 16.8 Å². The number of carboxylic acid groups (broad SMARTS) is 1. The van der Waals surface area contributed by atoms with E-state index in [1.54, 1.807) is 0 Å². The number of carbonyl (C=O) groups is 2. The van der Waals surface area contributed by atoms with Crippen LogP contribution in [0.15, 0.2) is 29.6 Å². The normalized spacial score (nSPS) is 14.5. The monoisotopic (exact) mass is 355 g/mol. The lowest BCUT2D eigenvalue weighted by Crippen LogP contribution is -2.16. The fourth-order valence-corrected chi connectivity index (χ4v) is 3.22. The number of anilines is 1. The van der Waals surface area contributed by atoms with Gasteiger partial charge < -0.3 is 10.4 Å². The number of benzene rings is 1. The van der Waals surface area contributed by atoms with E-state index >= 15 is 0 Å². The second kappa shape index (κ2) is 5.94. The molecule has 1 amide bonds. The second-order valence-corrected chi connectivity index (χ2v) is 6.41. The third-order valence-corrected chi connectivity index (χ3v) is 4.65. The van der Waals surface area contributed by atoms with Gasteiger partial charge >= 0.3 is 12.1 Å². The molecule has 8 heteroatoms. The SMILES string of the molecule is O=C(O)c1cc(-c2sccc2C(F)(F)F)ccc1NC(=O)C1CC1. The third-order valence-electron chi connectivity index (χ3n) is 3.69. The van der Waals surface area contributed by atoms with Crippen molar-refractivity contribution in [1.29, 1.82) is 0 Å². The van der Waals surface area contributed by atoms with Gasteiger partial charge in [-0.05, 0) is 42.0 Å². The molecule has 0 atom stereocenters. The van der Waals surface area contributed by atoms with Crippen molar-refractivity contribution in [2.75, 3.05) is 5.32 Å². The van der Waals surface area contributed by atoms with Gasteiger partial charge in [0.1, 0.15) is 0 Å². The fraction of sp³-hybridized carbons (Fsp3) is 0.250. The minimum absolute atomic E-state index is 0.0509. The van der Waals surface area contributed by atoms with E-state index in [-0.39, 0.29) is 33.5 Å². The molecule has 1 aliphatic carbocycles. The van der Waals surface area contributed by atoms with Crippen molar-refractivity contribution in [1.82, 2.24) is 0 Å². The number of nitrogens with one attached hydrogen (secondary N) is 1. The molecule has 0 spiro atoms. The van der Waals surface area contributed by atoms with E-state index in [9.17, 15) is 27.9 Å². The van der Waals surface area contributed by atoms with Crippen LogP contribution in [0.25, 0.3) is 10.4 Å². The smallest absolute Gasteiger partial charge is 0.417 e. The minimum Gasteiger partial charge on any atom is -0.478 e. The maximum Gasteiger partial charge on any atom is 0.417 e. The average molecular weight is 355 g/mol. The maximum atomic E-state index is 13.0. The molecule has 0 radical (unpaired) electrons. The van der Waals surface area contributed by atoms with Gasteiger partial charge in [-0.25, -0.2) is 4.79 Å². The molecule has 0 bridgehead atoms. The maximum absolute atomic E-state index is 13.0. The second-order valence-electron chi connectivity index (χ2n) is 5.49. The minimum atomic E-state index is -4.52. The number of thiophene rings is 1. The summed E-state index contributed by atoms with van der Waals surface area (Å²) in [6.45, 7) is 0. The van der Waals surface area contributed by atoms with Crippen molar-refractivity contribution in [2.45, 2.75) is 19.0 Å². The van der Waals surface area contributed by atoms with E-state index in [4.69, 9.17) is 0 Å². The van der Waals surface area contributed by atoms with Crippen LogP contribution >= 0.6 is 11.3 Å². The number of halogens is 3. The molecule has 1 aromatic heterocycles. The van der Waals surface area contributed by atoms with Crippen LogP contribution in [0.2, 0.25) is 0 Å². The highest BCUT2D eigenvalue weighted by molar-refractivity contribution is 7.13. The zero-order valence-corrected chi connectivity index (χ0v) is 13.0. The standard InChI is InChI=1S/C16H12F3NO3S/c17-16(18,19)11-5-6-24-13(11)9-3-4-12(10(7-9)15(22)23)20-14(21)8-1-2-8/h3-8H,1-2H2,(H,20,21)(H,22,23). The number of hydrogen-bond donors (Lipinski definition) is 2. The van der Waals surface area contributed by atoms with E-state index in [1.165, 1.54) is 17.5 Å². The Morgan fingerprint density at radius 2 is 1.92 bits per heavy atom. The number of aromatic carboxylic acids is 1. The highest BCUT2D eigenvalue weighted by Crippen LogP contribution is 2.41. The summed E-state index contributed by atoms with van der Waals surface area (Å²) in [6.07, 6.45) is -3.00. The molecule has 126 valence electrons. The van der Waals surface area contributed by atoms with E-state index in [1.807, 2.05) is 0 Å². The molecule has 0 unspecified atom stereocenters. The first kappa shape index (κ1) is 16.5. The third kappa shape index (κ3) is 3.28. The van der Waals surface area contributed by atoms with Gasteiger partial charge in [0.15, 0.2) is 0 Å². The molecule has 2 N–H and O–H groups in total. The van der Waals surface area contributed by atoms with E-state index in [2.05, 4.69) is 5.32 Å². The fourth-order valence-electron chi connectivity index (χ4n) is 2.31. The Balaban J connectivity index is 1.99. The van der Waals surface area contributed by atoms with Crippen LogP contribution in [-0.4, -0.2) is 17.0 Å². The Morgan fingerprint density at radius 3 is 2.50 bits per heavy atom. The summed E-state index contributed by atoms with van der Waals surface area (Å²) < 4.78 is 39.0. The Bertz CT molecular complexity index is 809. The summed E-state index contributed by atoms with van der Waals surface area (Å²) in [6, 6.07) is 4.84. The molecule has 2 aromatic rings. The highest BCUT2D eigenvalue weighted by Gasteiger charge is 2.35. The van der Waals surface area contributed by atoms with Crippen LogP contribution in [0.3, 0.4) is 0 Å². The van der Waals surface area contributed by atoms with Gasteiger partial charge in [0.2, 0.25) is 5.91 Å². The largest absolute Gasteiger partial charge is 0.478 e. The lowest BCUT2D eigenvalue weighted by atomic mass is 10.0. The van der Waals surface area contributed by atoms with Crippen LogP contribution in [-0.2, 0) is 11.0 Å². The number of carbonyl (C=O) groups excluding carboxylic acids is 1. The molecule has 1 aliphatic rings. The van der Waals surface area contributed by atoms with Crippen LogP contribution in [0.5, 0.6) is 0 Å². The number of rotatable bonds is 4. The number of alkyl halides is 3. The van der Waals surface area contributed by atoms with Gasteiger partial charge in [-0.3, -0.25) is 4.79 Å². The van der Waals surface area contributed by atoms with Crippen molar-refractivity contribution < 1.29 is 27.9 Å². The van der Waals surface area contributed by atoms with Crippen molar-refractivity contribution in [3.63, 3.8) is 0 Å². The van der Waals surface area contributed by atoms with Crippen molar-refractivity contribution in [2.24, 2.45) is 5.92 Å². The van der Waals surface area contributed by atoms with Crippen molar-refractivity contribution in [3.8, 4) is 10.4 Å². The van der Waals surface area contributed by atoms with Crippen LogP contribution < -0.4 is 5.32 Å². The summed E-state index contributed by atoms with van der Waals surface area (Å²) in [5.74, 6) is -1.69. The predicted molar refractivity (Wildman–Crippen MR) is 83.1 cm³/mol. The molecular formula is C16H12F3NO3S. The Morgan fingerprint density at radius 1 is 1.21 bits per heavy atom. The van der Waals surface area contributed by atoms with E-state index in [0.29, 0.717) is 0 Å². The Kier molecular flexibility index (Phi) is 4.08. The zero-order chi connectivity index (χ0) is 17.5. The first-order chi connectivity index (χ1) is 11.3. The topological polar surface area (TPSA) is 66.4 Å². The van der Waals surface area contributed by atoms with Crippen LogP contribution in [0, 0.1) is 5.92 Å². The first-order valence-electron chi connectivity index (χ1n) is 7.10. The van der Waals surface area contributed by atoms with Gasteiger partial charge in [0, 0.05) is 10.8 Å². The van der Waals surface area contributed by atoms with Crippen LogP contribution in [0.1, 0.15) is 28.8 Å². The lowest BCUT2D eigenvalue weighted by molar-refractivity contribution is -0.136. The lowest BCUT2D eigenvalue weighted by Gasteiger charge is -2.12. The number of carboxylic acids is 1. The average Bonchev–Trinajstić information content (AvgIpc) is 3.23. The molecule has 4 nitrogen and oxygen atoms in total. The quantitative estimate of drug-likeness (QED) is 0.850.